The van der Waals surface area contributed by atoms with E-state index in [1.807, 2.05) is 0 Å². The molecule has 8 nitrogen and oxygen atoms in total. The third-order valence-corrected chi connectivity index (χ3v) is 2.83. The Labute approximate surface area is 119 Å². The maximum absolute atomic E-state index is 10.5. The molecule has 3 rings (SSSR count). The van der Waals surface area contributed by atoms with E-state index in [2.05, 4.69) is 15.5 Å². The van der Waals surface area contributed by atoms with Crippen molar-refractivity contribution in [1.82, 2.24) is 20.2 Å². The molecule has 3 aromatic rings. The Balaban J connectivity index is 1.65. The van der Waals surface area contributed by atoms with Gasteiger partial charge < -0.3 is 14.0 Å². The molecule has 0 aromatic carbocycles. The van der Waals surface area contributed by atoms with Gasteiger partial charge in [-0.1, -0.05) is 10.4 Å². The fourth-order valence-electron chi connectivity index (χ4n) is 1.85. The van der Waals surface area contributed by atoms with Crippen LogP contribution in [0.4, 0.5) is 0 Å². The van der Waals surface area contributed by atoms with E-state index in [4.69, 9.17) is 14.0 Å². The topological polar surface area (TPSA) is 107 Å². The van der Waals surface area contributed by atoms with Gasteiger partial charge in [-0.25, -0.2) is 4.68 Å². The van der Waals surface area contributed by atoms with Crippen molar-refractivity contribution in [3.05, 3.63) is 42.0 Å². The van der Waals surface area contributed by atoms with Crippen molar-refractivity contribution < 1.29 is 18.8 Å². The molecule has 3 aromatic heterocycles. The number of nitrogens with zero attached hydrogens (tertiary/aromatic N) is 4. The Morgan fingerprint density at radius 2 is 2.24 bits per heavy atom. The summed E-state index contributed by atoms with van der Waals surface area (Å²) >= 11 is 0. The molecule has 0 aliphatic carbocycles. The van der Waals surface area contributed by atoms with Crippen LogP contribution in [-0.4, -0.2) is 31.2 Å². The average molecular weight is 288 g/mol. The minimum Gasteiger partial charge on any atom is -0.481 e. The predicted octanol–water partition coefficient (Wildman–Crippen LogP) is 1.59. The number of aromatic nitrogens is 4. The Morgan fingerprint density at radius 1 is 1.33 bits per heavy atom. The molecule has 0 saturated carbocycles. The number of carboxylic acids is 1. The summed E-state index contributed by atoms with van der Waals surface area (Å²) in [6.45, 7) is 0.393. The van der Waals surface area contributed by atoms with Gasteiger partial charge in [0.25, 0.3) is 0 Å². The SMILES string of the molecule is O=C(O)CCc1cn(Cc2cc(-c3ccco3)on2)nn1. The number of hydrogen-bond acceptors (Lipinski definition) is 6. The molecule has 0 amide bonds. The summed E-state index contributed by atoms with van der Waals surface area (Å²) in [5.74, 6) is 0.292. The van der Waals surface area contributed by atoms with E-state index in [0.717, 1.165) is 0 Å². The van der Waals surface area contributed by atoms with Crippen molar-refractivity contribution >= 4 is 5.97 Å². The second-order valence-corrected chi connectivity index (χ2v) is 4.46. The third-order valence-electron chi connectivity index (χ3n) is 2.83. The number of hydrogen-bond donors (Lipinski definition) is 1. The molecular weight excluding hydrogens is 276 g/mol. The van der Waals surface area contributed by atoms with Crippen LogP contribution in [0.1, 0.15) is 17.8 Å². The van der Waals surface area contributed by atoms with Gasteiger partial charge >= 0.3 is 5.97 Å². The van der Waals surface area contributed by atoms with Gasteiger partial charge in [0, 0.05) is 18.7 Å². The lowest BCUT2D eigenvalue weighted by Gasteiger charge is -1.93. The zero-order valence-electron chi connectivity index (χ0n) is 11.0. The van der Waals surface area contributed by atoms with E-state index >= 15 is 0 Å². The summed E-state index contributed by atoms with van der Waals surface area (Å²) in [4.78, 5) is 10.5. The van der Waals surface area contributed by atoms with Crippen LogP contribution in [0.5, 0.6) is 0 Å². The number of carbonyl (C=O) groups is 1. The quantitative estimate of drug-likeness (QED) is 0.733. The maximum Gasteiger partial charge on any atom is 0.303 e. The van der Waals surface area contributed by atoms with E-state index in [1.54, 1.807) is 35.3 Å². The summed E-state index contributed by atoms with van der Waals surface area (Å²) in [6.07, 6.45) is 3.64. The van der Waals surface area contributed by atoms with Crippen LogP contribution < -0.4 is 0 Å². The van der Waals surface area contributed by atoms with Crippen LogP contribution in [0.2, 0.25) is 0 Å². The number of carboxylic acid groups (broad SMARTS) is 1. The van der Waals surface area contributed by atoms with Gasteiger partial charge in [0.15, 0.2) is 5.76 Å². The van der Waals surface area contributed by atoms with Gasteiger partial charge in [-0.15, -0.1) is 5.10 Å². The Bertz CT molecular complexity index is 729. The largest absolute Gasteiger partial charge is 0.481 e. The number of furan rings is 1. The van der Waals surface area contributed by atoms with E-state index < -0.39 is 5.97 Å². The molecule has 0 atom stereocenters. The van der Waals surface area contributed by atoms with Crippen molar-refractivity contribution in [2.45, 2.75) is 19.4 Å². The molecule has 3 heterocycles. The summed E-state index contributed by atoms with van der Waals surface area (Å²) in [6, 6.07) is 5.31. The van der Waals surface area contributed by atoms with Crippen LogP contribution in [0.25, 0.3) is 11.5 Å². The van der Waals surface area contributed by atoms with Crippen molar-refractivity contribution in [3.63, 3.8) is 0 Å². The van der Waals surface area contributed by atoms with Gasteiger partial charge in [0.1, 0.15) is 5.69 Å². The normalized spacial score (nSPS) is 10.9. The minimum atomic E-state index is -0.857. The third kappa shape index (κ3) is 3.16. The average Bonchev–Trinajstić information content (AvgIpc) is 3.18. The lowest BCUT2D eigenvalue weighted by atomic mass is 10.2. The molecule has 0 radical (unpaired) electrons. The van der Waals surface area contributed by atoms with Gasteiger partial charge in [-0.3, -0.25) is 4.79 Å². The molecule has 0 spiro atoms. The lowest BCUT2D eigenvalue weighted by Crippen LogP contribution is -2.00. The van der Waals surface area contributed by atoms with Crippen molar-refractivity contribution in [2.24, 2.45) is 0 Å². The fraction of sp³-hybridized carbons (Fsp3) is 0.231. The molecule has 0 saturated heterocycles. The molecule has 8 heteroatoms. The highest BCUT2D eigenvalue weighted by atomic mass is 16.5. The van der Waals surface area contributed by atoms with Crippen LogP contribution in [0, 0.1) is 0 Å². The van der Waals surface area contributed by atoms with Gasteiger partial charge in [0.05, 0.1) is 24.9 Å². The molecule has 0 fully saturated rings. The number of aliphatic carboxylic acids is 1. The molecule has 21 heavy (non-hydrogen) atoms. The first-order valence-corrected chi connectivity index (χ1v) is 6.31. The Hall–Kier alpha value is -2.90. The van der Waals surface area contributed by atoms with E-state index in [-0.39, 0.29) is 6.42 Å². The second kappa shape index (κ2) is 5.61. The van der Waals surface area contributed by atoms with Crippen LogP contribution in [0.3, 0.4) is 0 Å². The molecule has 0 aliphatic rings. The number of aryl methyl sites for hydroxylation is 1. The molecule has 0 aliphatic heterocycles. The maximum atomic E-state index is 10.5. The first kappa shape index (κ1) is 13.1. The van der Waals surface area contributed by atoms with Crippen molar-refractivity contribution in [2.75, 3.05) is 0 Å². The standard InChI is InChI=1S/C13H12N4O4/c18-13(19)4-3-9-7-17(16-14-9)8-10-6-12(21-15-10)11-2-1-5-20-11/h1-2,5-7H,3-4,8H2,(H,18,19). The van der Waals surface area contributed by atoms with E-state index in [1.165, 1.54) is 0 Å². The van der Waals surface area contributed by atoms with Crippen LogP contribution in [0.15, 0.2) is 39.6 Å². The summed E-state index contributed by atoms with van der Waals surface area (Å²) in [7, 11) is 0. The lowest BCUT2D eigenvalue weighted by molar-refractivity contribution is -0.136. The summed E-state index contributed by atoms with van der Waals surface area (Å²) in [5, 5.41) is 20.4. The first-order valence-electron chi connectivity index (χ1n) is 6.31. The summed E-state index contributed by atoms with van der Waals surface area (Å²) < 4.78 is 12.0. The zero-order valence-corrected chi connectivity index (χ0v) is 11.0. The second-order valence-electron chi connectivity index (χ2n) is 4.46. The Morgan fingerprint density at radius 3 is 3.00 bits per heavy atom. The monoisotopic (exact) mass is 288 g/mol. The molecular formula is C13H12N4O4. The molecule has 0 bridgehead atoms. The summed E-state index contributed by atoms with van der Waals surface area (Å²) in [5.41, 5.74) is 1.31. The highest BCUT2D eigenvalue weighted by Gasteiger charge is 2.10. The van der Waals surface area contributed by atoms with E-state index in [9.17, 15) is 4.79 Å². The molecule has 108 valence electrons. The van der Waals surface area contributed by atoms with Crippen LogP contribution in [-0.2, 0) is 17.8 Å². The highest BCUT2D eigenvalue weighted by Crippen LogP contribution is 2.20. The molecule has 1 N–H and O–H groups in total. The number of rotatable bonds is 6. The zero-order chi connectivity index (χ0) is 14.7. The van der Waals surface area contributed by atoms with E-state index in [0.29, 0.717) is 35.9 Å². The van der Waals surface area contributed by atoms with Crippen molar-refractivity contribution in [1.29, 1.82) is 0 Å². The fourth-order valence-corrected chi connectivity index (χ4v) is 1.85. The first-order chi connectivity index (χ1) is 10.2. The Kier molecular flexibility index (Phi) is 3.50. The van der Waals surface area contributed by atoms with Gasteiger partial charge in [-0.05, 0) is 12.1 Å². The van der Waals surface area contributed by atoms with Crippen molar-refractivity contribution in [3.8, 4) is 11.5 Å². The van der Waals surface area contributed by atoms with Crippen LogP contribution >= 0.6 is 0 Å². The molecule has 0 unspecified atom stereocenters. The van der Waals surface area contributed by atoms with Gasteiger partial charge in [0.2, 0.25) is 5.76 Å². The minimum absolute atomic E-state index is 0.0330. The highest BCUT2D eigenvalue weighted by molar-refractivity contribution is 5.66. The van der Waals surface area contributed by atoms with Gasteiger partial charge in [-0.2, -0.15) is 0 Å². The predicted molar refractivity (Wildman–Crippen MR) is 69.3 cm³/mol. The smallest absolute Gasteiger partial charge is 0.303 e.